The maximum absolute atomic E-state index is 13.8. The van der Waals surface area contributed by atoms with Crippen LogP contribution in [-0.4, -0.2) is 41.9 Å². The van der Waals surface area contributed by atoms with Crippen molar-refractivity contribution in [3.63, 3.8) is 0 Å². The number of rotatable bonds is 4. The molecule has 1 aromatic carbocycles. The van der Waals surface area contributed by atoms with Crippen molar-refractivity contribution in [3.8, 4) is 11.9 Å². The fourth-order valence-electron chi connectivity index (χ4n) is 2.47. The summed E-state index contributed by atoms with van der Waals surface area (Å²) in [7, 11) is -4.20. The lowest BCUT2D eigenvalue weighted by molar-refractivity contribution is 0.205. The van der Waals surface area contributed by atoms with Gasteiger partial charge in [0.05, 0.1) is 6.54 Å². The van der Waals surface area contributed by atoms with Gasteiger partial charge in [0.1, 0.15) is 28.7 Å². The van der Waals surface area contributed by atoms with Crippen LogP contribution in [0, 0.1) is 23.0 Å². The molecule has 0 spiro atoms. The molecule has 0 aliphatic carbocycles. The van der Waals surface area contributed by atoms with E-state index in [2.05, 4.69) is 9.97 Å². The van der Waals surface area contributed by atoms with Gasteiger partial charge in [0, 0.05) is 18.9 Å². The highest BCUT2D eigenvalue weighted by molar-refractivity contribution is 7.89. The van der Waals surface area contributed by atoms with Gasteiger partial charge in [0.15, 0.2) is 0 Å². The third-order valence-electron chi connectivity index (χ3n) is 3.67. The van der Waals surface area contributed by atoms with Gasteiger partial charge in [-0.25, -0.2) is 27.2 Å². The first-order valence-electron chi connectivity index (χ1n) is 7.25. The zero-order valence-electron chi connectivity index (χ0n) is 12.8. The molecule has 1 fully saturated rings. The summed E-state index contributed by atoms with van der Waals surface area (Å²) in [6, 6.07) is 4.09. The Hall–Kier alpha value is -2.64. The normalized spacial score (nSPS) is 18.0. The first-order valence-corrected chi connectivity index (χ1v) is 8.69. The monoisotopic (exact) mass is 366 g/mol. The second-order valence-corrected chi connectivity index (χ2v) is 7.19. The minimum absolute atomic E-state index is 0.00573. The molecule has 10 heteroatoms. The van der Waals surface area contributed by atoms with E-state index in [4.69, 9.17) is 10.00 Å². The Balaban J connectivity index is 1.78. The van der Waals surface area contributed by atoms with Gasteiger partial charge in [-0.15, -0.1) is 0 Å². The lowest BCUT2D eigenvalue weighted by atomic mass is 10.3. The van der Waals surface area contributed by atoms with E-state index in [-0.39, 0.29) is 24.7 Å². The van der Waals surface area contributed by atoms with E-state index in [1.54, 1.807) is 0 Å². The first kappa shape index (κ1) is 17.2. The molecule has 2 aromatic rings. The molecule has 0 N–H and O–H groups in total. The van der Waals surface area contributed by atoms with Crippen LogP contribution in [0.5, 0.6) is 5.88 Å². The summed E-state index contributed by atoms with van der Waals surface area (Å²) >= 11 is 0. The number of hydrogen-bond acceptors (Lipinski definition) is 6. The van der Waals surface area contributed by atoms with Crippen molar-refractivity contribution in [1.29, 1.82) is 5.26 Å². The molecule has 0 saturated carbocycles. The summed E-state index contributed by atoms with van der Waals surface area (Å²) in [6.07, 6.45) is 2.43. The van der Waals surface area contributed by atoms with Crippen LogP contribution in [0.3, 0.4) is 0 Å². The number of hydrogen-bond donors (Lipinski definition) is 0. The maximum atomic E-state index is 13.8. The lowest BCUT2D eigenvalue weighted by Crippen LogP contribution is -2.31. The molecular formula is C15H12F2N4O3S. The van der Waals surface area contributed by atoms with Gasteiger partial charge < -0.3 is 4.74 Å². The molecule has 1 aliphatic rings. The van der Waals surface area contributed by atoms with Crippen LogP contribution in [-0.2, 0) is 10.0 Å². The molecule has 1 saturated heterocycles. The molecule has 25 heavy (non-hydrogen) atoms. The van der Waals surface area contributed by atoms with Crippen LogP contribution in [0.15, 0.2) is 35.5 Å². The molecule has 1 aromatic heterocycles. The van der Waals surface area contributed by atoms with Crippen LogP contribution in [0.25, 0.3) is 0 Å². The van der Waals surface area contributed by atoms with Crippen molar-refractivity contribution in [2.24, 2.45) is 0 Å². The fraction of sp³-hybridized carbons (Fsp3) is 0.267. The number of nitriles is 1. The smallest absolute Gasteiger partial charge is 0.251 e. The number of ether oxygens (including phenoxy) is 1. The first-order chi connectivity index (χ1) is 11.9. The topological polar surface area (TPSA) is 96.2 Å². The SMILES string of the molecule is N#Cc1nccnc1OC1CCN(S(=O)(=O)c2cc(F)ccc2F)C1. The van der Waals surface area contributed by atoms with E-state index in [0.717, 1.165) is 16.4 Å². The number of aromatic nitrogens is 2. The molecule has 1 aliphatic heterocycles. The second-order valence-electron chi connectivity index (χ2n) is 5.29. The summed E-state index contributed by atoms with van der Waals surface area (Å²) in [5, 5.41) is 8.96. The van der Waals surface area contributed by atoms with E-state index in [1.165, 1.54) is 12.4 Å². The van der Waals surface area contributed by atoms with Crippen LogP contribution in [0.2, 0.25) is 0 Å². The van der Waals surface area contributed by atoms with Crippen LogP contribution in [0.4, 0.5) is 8.78 Å². The highest BCUT2D eigenvalue weighted by atomic mass is 32.2. The summed E-state index contributed by atoms with van der Waals surface area (Å²) in [6.45, 7) is 0.00479. The van der Waals surface area contributed by atoms with Crippen LogP contribution in [0.1, 0.15) is 12.1 Å². The summed E-state index contributed by atoms with van der Waals surface area (Å²) < 4.78 is 58.7. The zero-order valence-corrected chi connectivity index (χ0v) is 13.6. The van der Waals surface area contributed by atoms with Gasteiger partial charge in [-0.2, -0.15) is 9.57 Å². The summed E-state index contributed by atoms with van der Waals surface area (Å²) in [5.74, 6) is -1.86. The van der Waals surface area contributed by atoms with Gasteiger partial charge in [-0.05, 0) is 24.6 Å². The van der Waals surface area contributed by atoms with Crippen LogP contribution < -0.4 is 4.74 Å². The zero-order chi connectivity index (χ0) is 18.0. The molecule has 130 valence electrons. The van der Waals surface area contributed by atoms with E-state index in [0.29, 0.717) is 12.5 Å². The van der Waals surface area contributed by atoms with Crippen molar-refractivity contribution in [1.82, 2.24) is 14.3 Å². The standard InChI is InChI=1S/C15H12F2N4O3S/c16-10-1-2-12(17)14(7-10)25(22,23)21-6-3-11(9-21)24-15-13(8-18)19-4-5-20-15/h1-2,4-5,7,11H,3,6,9H2. The Labute approximate surface area is 142 Å². The minimum atomic E-state index is -4.20. The highest BCUT2D eigenvalue weighted by Gasteiger charge is 2.35. The average Bonchev–Trinajstić information content (AvgIpc) is 3.07. The summed E-state index contributed by atoms with van der Waals surface area (Å²) in [4.78, 5) is 6.99. The third kappa shape index (κ3) is 3.42. The number of sulfonamides is 1. The van der Waals surface area contributed by atoms with Gasteiger partial charge >= 0.3 is 0 Å². The van der Waals surface area contributed by atoms with Crippen molar-refractivity contribution in [2.45, 2.75) is 17.4 Å². The van der Waals surface area contributed by atoms with Crippen molar-refractivity contribution < 1.29 is 21.9 Å². The van der Waals surface area contributed by atoms with Crippen molar-refractivity contribution in [2.75, 3.05) is 13.1 Å². The Morgan fingerprint density at radius 3 is 2.80 bits per heavy atom. The van der Waals surface area contributed by atoms with Gasteiger partial charge in [0.25, 0.3) is 5.88 Å². The van der Waals surface area contributed by atoms with E-state index < -0.39 is 32.7 Å². The predicted octanol–water partition coefficient (Wildman–Crippen LogP) is 1.47. The lowest BCUT2D eigenvalue weighted by Gasteiger charge is -2.17. The van der Waals surface area contributed by atoms with E-state index in [1.807, 2.05) is 6.07 Å². The molecule has 2 heterocycles. The van der Waals surface area contributed by atoms with Gasteiger partial charge in [-0.3, -0.25) is 0 Å². The Morgan fingerprint density at radius 1 is 1.28 bits per heavy atom. The molecule has 0 radical (unpaired) electrons. The average molecular weight is 366 g/mol. The molecule has 0 bridgehead atoms. The van der Waals surface area contributed by atoms with Crippen molar-refractivity contribution >= 4 is 10.0 Å². The molecule has 1 unspecified atom stereocenters. The predicted molar refractivity (Wildman–Crippen MR) is 80.9 cm³/mol. The Kier molecular flexibility index (Phi) is 4.61. The van der Waals surface area contributed by atoms with Crippen molar-refractivity contribution in [3.05, 3.63) is 47.9 Å². The molecule has 0 amide bonds. The number of nitrogens with zero attached hydrogens (tertiary/aromatic N) is 4. The van der Waals surface area contributed by atoms with E-state index >= 15 is 0 Å². The van der Waals surface area contributed by atoms with Gasteiger partial charge in [0.2, 0.25) is 15.7 Å². The third-order valence-corrected chi connectivity index (χ3v) is 5.55. The largest absolute Gasteiger partial charge is 0.471 e. The van der Waals surface area contributed by atoms with Crippen LogP contribution >= 0.6 is 0 Å². The minimum Gasteiger partial charge on any atom is -0.471 e. The van der Waals surface area contributed by atoms with E-state index in [9.17, 15) is 17.2 Å². The molecule has 7 nitrogen and oxygen atoms in total. The fourth-order valence-corrected chi connectivity index (χ4v) is 4.03. The molecule has 1 atom stereocenters. The molecular weight excluding hydrogens is 354 g/mol. The number of benzene rings is 1. The Bertz CT molecular complexity index is 946. The maximum Gasteiger partial charge on any atom is 0.251 e. The molecule has 3 rings (SSSR count). The van der Waals surface area contributed by atoms with Gasteiger partial charge in [-0.1, -0.05) is 0 Å². The summed E-state index contributed by atoms with van der Waals surface area (Å²) in [5.41, 5.74) is -0.0139. The Morgan fingerprint density at radius 2 is 2.04 bits per heavy atom. The highest BCUT2D eigenvalue weighted by Crippen LogP contribution is 2.26. The number of halogens is 2. The second kappa shape index (κ2) is 6.70. The quantitative estimate of drug-likeness (QED) is 0.813.